The van der Waals surface area contributed by atoms with E-state index in [1.807, 2.05) is 13.0 Å². The van der Waals surface area contributed by atoms with Gasteiger partial charge in [0.15, 0.2) is 0 Å². The predicted molar refractivity (Wildman–Crippen MR) is 106 cm³/mol. The molecule has 2 N–H and O–H groups in total. The number of carbonyl (C=O) groups excluding carboxylic acids is 1. The van der Waals surface area contributed by atoms with E-state index in [1.54, 1.807) is 18.3 Å². The van der Waals surface area contributed by atoms with E-state index in [9.17, 15) is 10.1 Å². The Balaban J connectivity index is 1.80. The van der Waals surface area contributed by atoms with Gasteiger partial charge in [0.2, 0.25) is 5.95 Å². The highest BCUT2D eigenvalue weighted by molar-refractivity contribution is 9.10. The molecule has 2 atom stereocenters. The van der Waals surface area contributed by atoms with E-state index in [2.05, 4.69) is 42.6 Å². The van der Waals surface area contributed by atoms with E-state index in [0.29, 0.717) is 27.5 Å². The molecule has 2 aromatic rings. The summed E-state index contributed by atoms with van der Waals surface area (Å²) in [6, 6.07) is 7.72. The Kier molecular flexibility index (Phi) is 5.91. The molecule has 1 saturated carbocycles. The Morgan fingerprint density at radius 2 is 2.22 bits per heavy atom. The van der Waals surface area contributed by atoms with Crippen LogP contribution in [0.15, 0.2) is 28.9 Å². The third-order valence-electron chi connectivity index (χ3n) is 4.60. The van der Waals surface area contributed by atoms with Crippen LogP contribution in [0.2, 0.25) is 0 Å². The Morgan fingerprint density at radius 1 is 1.41 bits per heavy atom. The topological polar surface area (TPSA) is 99.9 Å². The van der Waals surface area contributed by atoms with Gasteiger partial charge >= 0.3 is 5.97 Å². The lowest BCUT2D eigenvalue weighted by molar-refractivity contribution is 0.0599. The second-order valence-corrected chi connectivity index (χ2v) is 7.31. The lowest BCUT2D eigenvalue weighted by Gasteiger charge is -2.18. The van der Waals surface area contributed by atoms with Gasteiger partial charge in [0, 0.05) is 28.0 Å². The summed E-state index contributed by atoms with van der Waals surface area (Å²) in [5, 5.41) is 15.8. The van der Waals surface area contributed by atoms with Crippen LogP contribution < -0.4 is 10.6 Å². The summed E-state index contributed by atoms with van der Waals surface area (Å²) in [7, 11) is 1.34. The molecule has 8 heteroatoms. The van der Waals surface area contributed by atoms with Gasteiger partial charge in [0.25, 0.3) is 0 Å². The number of aromatic nitrogens is 2. The van der Waals surface area contributed by atoms with Crippen LogP contribution in [-0.2, 0) is 4.74 Å². The molecule has 1 heterocycles. The fourth-order valence-electron chi connectivity index (χ4n) is 3.11. The molecule has 1 aromatic carbocycles. The first-order valence-electron chi connectivity index (χ1n) is 8.66. The molecule has 0 aliphatic heterocycles. The molecule has 140 valence electrons. The maximum atomic E-state index is 11.8. The minimum absolute atomic E-state index is 0.00450. The molecule has 1 aromatic heterocycles. The zero-order valence-electron chi connectivity index (χ0n) is 15.1. The predicted octanol–water partition coefficient (Wildman–Crippen LogP) is 4.18. The first kappa shape index (κ1) is 19.1. The highest BCUT2D eigenvalue weighted by Crippen LogP contribution is 2.29. The molecule has 0 spiro atoms. The molecular formula is C19H20BrN5O2. The second-order valence-electron chi connectivity index (χ2n) is 6.45. The number of anilines is 3. The van der Waals surface area contributed by atoms with Crippen molar-refractivity contribution in [3.63, 3.8) is 0 Å². The molecule has 1 fully saturated rings. The number of nitrogens with one attached hydrogen (secondary N) is 2. The molecule has 1 aliphatic rings. The van der Waals surface area contributed by atoms with Gasteiger partial charge in [0.05, 0.1) is 24.7 Å². The maximum Gasteiger partial charge on any atom is 0.339 e. The van der Waals surface area contributed by atoms with E-state index in [4.69, 9.17) is 4.74 Å². The zero-order chi connectivity index (χ0) is 19.4. The van der Waals surface area contributed by atoms with Crippen molar-refractivity contribution in [1.29, 1.82) is 5.26 Å². The normalized spacial score (nSPS) is 18.6. The monoisotopic (exact) mass is 429 g/mol. The lowest BCUT2D eigenvalue weighted by atomic mass is 10.1. The van der Waals surface area contributed by atoms with Crippen LogP contribution in [0.4, 0.5) is 17.5 Å². The van der Waals surface area contributed by atoms with Gasteiger partial charge in [-0.25, -0.2) is 9.78 Å². The van der Waals surface area contributed by atoms with Gasteiger partial charge in [-0.2, -0.15) is 10.2 Å². The summed E-state index contributed by atoms with van der Waals surface area (Å²) in [6.45, 7) is 1.93. The molecule has 0 bridgehead atoms. The summed E-state index contributed by atoms with van der Waals surface area (Å²) in [5.74, 6) is 0.698. The number of esters is 1. The van der Waals surface area contributed by atoms with E-state index < -0.39 is 5.97 Å². The first-order valence-corrected chi connectivity index (χ1v) is 9.45. The van der Waals surface area contributed by atoms with Crippen LogP contribution in [-0.4, -0.2) is 29.1 Å². The highest BCUT2D eigenvalue weighted by Gasteiger charge is 2.27. The van der Waals surface area contributed by atoms with Crippen molar-refractivity contribution in [1.82, 2.24) is 9.97 Å². The molecule has 7 nitrogen and oxygen atoms in total. The molecule has 0 amide bonds. The van der Waals surface area contributed by atoms with Gasteiger partial charge in [-0.05, 0) is 60.3 Å². The van der Waals surface area contributed by atoms with Crippen molar-refractivity contribution in [2.75, 3.05) is 17.7 Å². The van der Waals surface area contributed by atoms with Crippen LogP contribution in [0.5, 0.6) is 0 Å². The number of carbonyl (C=O) groups is 1. The maximum absolute atomic E-state index is 11.8. The average Bonchev–Trinajstić information content (AvgIpc) is 3.12. The Hall–Kier alpha value is -2.66. The minimum atomic E-state index is -0.429. The molecular weight excluding hydrogens is 410 g/mol. The fraction of sp³-hybridized carbons (Fsp3) is 0.368. The van der Waals surface area contributed by atoms with Crippen LogP contribution >= 0.6 is 15.9 Å². The molecule has 1 aliphatic carbocycles. The zero-order valence-corrected chi connectivity index (χ0v) is 16.7. The lowest BCUT2D eigenvalue weighted by Crippen LogP contribution is -2.24. The fourth-order valence-corrected chi connectivity index (χ4v) is 3.52. The standard InChI is InChI=1S/C19H20BrN5O2/c1-11-10-22-19(25-17(11)24-16-5-3-4-12(16)9-21)23-13-6-7-15(20)14(8-13)18(26)27-2/h6-8,10,12,16H,3-5H2,1-2H3,(H2,22,23,24,25). The first-order chi connectivity index (χ1) is 13.0. The summed E-state index contributed by atoms with van der Waals surface area (Å²) < 4.78 is 5.44. The molecule has 27 heavy (non-hydrogen) atoms. The summed E-state index contributed by atoms with van der Waals surface area (Å²) in [5.41, 5.74) is 2.00. The largest absolute Gasteiger partial charge is 0.465 e. The van der Waals surface area contributed by atoms with Crippen molar-refractivity contribution in [2.24, 2.45) is 5.92 Å². The number of halogens is 1. The number of ether oxygens (including phenoxy) is 1. The third kappa shape index (κ3) is 4.37. The molecule has 3 rings (SSSR count). The summed E-state index contributed by atoms with van der Waals surface area (Å²) in [4.78, 5) is 20.7. The Labute approximate surface area is 166 Å². The number of hydrogen-bond donors (Lipinski definition) is 2. The van der Waals surface area contributed by atoms with Gasteiger partial charge < -0.3 is 15.4 Å². The van der Waals surface area contributed by atoms with E-state index in [1.165, 1.54) is 7.11 Å². The van der Waals surface area contributed by atoms with Crippen LogP contribution in [0.1, 0.15) is 35.2 Å². The van der Waals surface area contributed by atoms with Crippen molar-refractivity contribution in [2.45, 2.75) is 32.2 Å². The van der Waals surface area contributed by atoms with Crippen LogP contribution in [0, 0.1) is 24.2 Å². The minimum Gasteiger partial charge on any atom is -0.465 e. The van der Waals surface area contributed by atoms with E-state index in [0.717, 1.165) is 24.8 Å². The summed E-state index contributed by atoms with van der Waals surface area (Å²) >= 11 is 3.34. The van der Waals surface area contributed by atoms with Crippen molar-refractivity contribution in [3.05, 3.63) is 40.0 Å². The summed E-state index contributed by atoms with van der Waals surface area (Å²) in [6.07, 6.45) is 4.65. The van der Waals surface area contributed by atoms with Crippen LogP contribution in [0.3, 0.4) is 0 Å². The molecule has 0 radical (unpaired) electrons. The van der Waals surface area contributed by atoms with E-state index in [-0.39, 0.29) is 12.0 Å². The van der Waals surface area contributed by atoms with Crippen LogP contribution in [0.25, 0.3) is 0 Å². The smallest absolute Gasteiger partial charge is 0.339 e. The number of methoxy groups -OCH3 is 1. The highest BCUT2D eigenvalue weighted by atomic mass is 79.9. The van der Waals surface area contributed by atoms with Crippen molar-refractivity contribution >= 4 is 39.4 Å². The van der Waals surface area contributed by atoms with E-state index >= 15 is 0 Å². The number of nitrogens with zero attached hydrogens (tertiary/aromatic N) is 3. The Bertz CT molecular complexity index is 896. The number of hydrogen-bond acceptors (Lipinski definition) is 7. The number of rotatable bonds is 5. The van der Waals surface area contributed by atoms with Gasteiger partial charge in [-0.15, -0.1) is 0 Å². The number of nitriles is 1. The van der Waals surface area contributed by atoms with Crippen molar-refractivity contribution < 1.29 is 9.53 Å². The molecule has 2 unspecified atom stereocenters. The van der Waals surface area contributed by atoms with Crippen molar-refractivity contribution in [3.8, 4) is 6.07 Å². The third-order valence-corrected chi connectivity index (χ3v) is 5.29. The number of benzene rings is 1. The quantitative estimate of drug-likeness (QED) is 0.687. The molecule has 0 saturated heterocycles. The van der Waals surface area contributed by atoms with Gasteiger partial charge in [-0.3, -0.25) is 0 Å². The SMILES string of the molecule is COC(=O)c1cc(Nc2ncc(C)c(NC3CCCC3C#N)n2)ccc1Br. The second kappa shape index (κ2) is 8.35. The average molecular weight is 430 g/mol. The number of aryl methyl sites for hydroxylation is 1. The van der Waals surface area contributed by atoms with Gasteiger partial charge in [-0.1, -0.05) is 0 Å². The van der Waals surface area contributed by atoms with Gasteiger partial charge in [0.1, 0.15) is 5.82 Å². The Morgan fingerprint density at radius 3 is 2.96 bits per heavy atom.